The average molecular weight is 307 g/mol. The topological polar surface area (TPSA) is 37.8 Å². The molecule has 0 atom stereocenters. The van der Waals surface area contributed by atoms with Crippen LogP contribution >= 0.6 is 11.3 Å². The average Bonchev–Trinajstić information content (AvgIpc) is 2.90. The van der Waals surface area contributed by atoms with Crippen LogP contribution < -0.4 is 5.32 Å². The van der Waals surface area contributed by atoms with E-state index in [0.717, 1.165) is 11.3 Å². The Morgan fingerprint density at radius 1 is 1.24 bits per heavy atom. The molecule has 114 valence electrons. The molecule has 1 N–H and O–H groups in total. The zero-order valence-electron chi connectivity index (χ0n) is 13.2. The fourth-order valence-electron chi connectivity index (χ4n) is 1.89. The summed E-state index contributed by atoms with van der Waals surface area (Å²) < 4.78 is 14.0. The molecule has 0 saturated carbocycles. The Kier molecular flexibility index (Phi) is 4.61. The van der Waals surface area contributed by atoms with Crippen LogP contribution in [0, 0.1) is 12.7 Å². The molecular weight excluding hydrogens is 285 g/mol. The Morgan fingerprint density at radius 2 is 1.95 bits per heavy atom. The minimum atomic E-state index is -0.361. The minimum absolute atomic E-state index is 0.0985. The molecule has 5 heteroatoms. The number of nitrogens with zero attached hydrogens (tertiary/aromatic N) is 2. The van der Waals surface area contributed by atoms with Gasteiger partial charge in [0.15, 0.2) is 17.5 Å². The molecule has 0 unspecified atom stereocenters. The van der Waals surface area contributed by atoms with Crippen LogP contribution in [0.4, 0.5) is 10.2 Å². The zero-order chi connectivity index (χ0) is 15.6. The second kappa shape index (κ2) is 6.10. The molecule has 0 amide bonds. The number of halogens is 1. The Hall–Kier alpha value is -1.49. The first-order valence-electron chi connectivity index (χ1n) is 7.21. The molecule has 21 heavy (non-hydrogen) atoms. The summed E-state index contributed by atoms with van der Waals surface area (Å²) in [5, 5.41) is 3.03. The zero-order valence-corrected chi connectivity index (χ0v) is 14.1. The van der Waals surface area contributed by atoms with E-state index in [9.17, 15) is 4.39 Å². The van der Waals surface area contributed by atoms with Crippen molar-refractivity contribution in [2.24, 2.45) is 0 Å². The summed E-state index contributed by atoms with van der Waals surface area (Å²) >= 11 is 1.66. The molecule has 2 heterocycles. The summed E-state index contributed by atoms with van der Waals surface area (Å²) in [4.78, 5) is 10.9. The fourth-order valence-corrected chi connectivity index (χ4v) is 2.89. The van der Waals surface area contributed by atoms with Gasteiger partial charge in [0, 0.05) is 11.4 Å². The number of anilines is 1. The van der Waals surface area contributed by atoms with Gasteiger partial charge in [-0.25, -0.2) is 14.4 Å². The largest absolute Gasteiger partial charge is 0.368 e. The van der Waals surface area contributed by atoms with Gasteiger partial charge in [0.25, 0.3) is 0 Å². The molecule has 0 aliphatic heterocycles. The van der Waals surface area contributed by atoms with Crippen molar-refractivity contribution in [2.45, 2.75) is 46.5 Å². The second-order valence-corrected chi connectivity index (χ2v) is 7.22. The smallest absolute Gasteiger partial charge is 0.186 e. The van der Waals surface area contributed by atoms with Gasteiger partial charge in [0.1, 0.15) is 0 Å². The van der Waals surface area contributed by atoms with E-state index in [0.29, 0.717) is 23.9 Å². The first-order valence-corrected chi connectivity index (χ1v) is 8.03. The number of hydrogen-bond acceptors (Lipinski definition) is 4. The summed E-state index contributed by atoms with van der Waals surface area (Å²) in [6, 6.07) is 4.11. The van der Waals surface area contributed by atoms with Crippen molar-refractivity contribution in [3.05, 3.63) is 28.5 Å². The Bertz CT molecular complexity index is 629. The predicted molar refractivity (Wildman–Crippen MR) is 87.5 cm³/mol. The first kappa shape index (κ1) is 15.9. The van der Waals surface area contributed by atoms with E-state index in [1.165, 1.54) is 4.88 Å². The quantitative estimate of drug-likeness (QED) is 0.884. The van der Waals surface area contributed by atoms with E-state index in [1.807, 2.05) is 13.0 Å². The van der Waals surface area contributed by atoms with Crippen molar-refractivity contribution < 1.29 is 4.39 Å². The maximum Gasteiger partial charge on any atom is 0.186 e. The van der Waals surface area contributed by atoms with Crippen LogP contribution in [0.3, 0.4) is 0 Å². The van der Waals surface area contributed by atoms with E-state index in [1.54, 1.807) is 18.3 Å². The SMILES string of the molecule is CCCNc1nc(-c2ccc(C(C)(C)C)s2)nc(C)c1F. The molecular formula is C16H22FN3S. The van der Waals surface area contributed by atoms with E-state index < -0.39 is 0 Å². The van der Waals surface area contributed by atoms with Gasteiger partial charge in [-0.05, 0) is 30.9 Å². The third-order valence-corrected chi connectivity index (χ3v) is 4.63. The van der Waals surface area contributed by atoms with E-state index >= 15 is 0 Å². The number of hydrogen-bond donors (Lipinski definition) is 1. The summed E-state index contributed by atoms with van der Waals surface area (Å²) in [6.07, 6.45) is 0.922. The molecule has 0 aliphatic carbocycles. The third-order valence-electron chi connectivity index (χ3n) is 3.12. The number of rotatable bonds is 4. The Morgan fingerprint density at radius 3 is 2.52 bits per heavy atom. The number of aromatic nitrogens is 2. The van der Waals surface area contributed by atoms with Gasteiger partial charge in [-0.1, -0.05) is 27.7 Å². The molecule has 0 fully saturated rings. The van der Waals surface area contributed by atoms with Crippen LogP contribution in [0.2, 0.25) is 0 Å². The van der Waals surface area contributed by atoms with E-state index in [4.69, 9.17) is 0 Å². The van der Waals surface area contributed by atoms with Crippen LogP contribution in [0.15, 0.2) is 12.1 Å². The number of aryl methyl sites for hydroxylation is 1. The molecule has 0 spiro atoms. The lowest BCUT2D eigenvalue weighted by atomic mass is 9.95. The summed E-state index contributed by atoms with van der Waals surface area (Å²) in [5.74, 6) is 0.526. The van der Waals surface area contributed by atoms with Crippen molar-refractivity contribution in [3.63, 3.8) is 0 Å². The second-order valence-electron chi connectivity index (χ2n) is 6.14. The van der Waals surface area contributed by atoms with Crippen molar-refractivity contribution in [2.75, 3.05) is 11.9 Å². The third kappa shape index (κ3) is 3.59. The number of nitrogens with one attached hydrogen (secondary N) is 1. The van der Waals surface area contributed by atoms with E-state index in [-0.39, 0.29) is 11.2 Å². The van der Waals surface area contributed by atoms with E-state index in [2.05, 4.69) is 42.1 Å². The van der Waals surface area contributed by atoms with Crippen molar-refractivity contribution >= 4 is 17.2 Å². The van der Waals surface area contributed by atoms with Gasteiger partial charge in [-0.15, -0.1) is 11.3 Å². The molecule has 2 rings (SSSR count). The predicted octanol–water partition coefficient (Wildman–Crippen LogP) is 4.77. The van der Waals surface area contributed by atoms with Gasteiger partial charge in [0.05, 0.1) is 10.6 Å². The van der Waals surface area contributed by atoms with Crippen LogP contribution in [0.5, 0.6) is 0 Å². The molecule has 0 aliphatic rings. The number of thiophene rings is 1. The van der Waals surface area contributed by atoms with Crippen LogP contribution in [-0.4, -0.2) is 16.5 Å². The summed E-state index contributed by atoms with van der Waals surface area (Å²) in [6.45, 7) is 10.9. The monoisotopic (exact) mass is 307 g/mol. The highest BCUT2D eigenvalue weighted by Crippen LogP contribution is 2.34. The van der Waals surface area contributed by atoms with Crippen molar-refractivity contribution in [3.8, 4) is 10.7 Å². The standard InChI is InChI=1S/C16H22FN3S/c1-6-9-18-15-13(17)10(2)19-14(20-15)11-7-8-12(21-11)16(3,4)5/h7-8H,6,9H2,1-5H3,(H,18,19,20). The van der Waals surface area contributed by atoms with Gasteiger partial charge in [-0.3, -0.25) is 0 Å². The molecule has 0 bridgehead atoms. The highest BCUT2D eigenvalue weighted by Gasteiger charge is 2.19. The fraction of sp³-hybridized carbons (Fsp3) is 0.500. The Balaban J connectivity index is 2.40. The lowest BCUT2D eigenvalue weighted by Gasteiger charge is -2.15. The van der Waals surface area contributed by atoms with Crippen LogP contribution in [0.25, 0.3) is 10.7 Å². The van der Waals surface area contributed by atoms with Gasteiger partial charge in [-0.2, -0.15) is 0 Å². The lowest BCUT2D eigenvalue weighted by molar-refractivity contribution is 0.604. The molecule has 0 saturated heterocycles. The van der Waals surface area contributed by atoms with Crippen LogP contribution in [-0.2, 0) is 5.41 Å². The van der Waals surface area contributed by atoms with Crippen molar-refractivity contribution in [1.82, 2.24) is 9.97 Å². The van der Waals surface area contributed by atoms with Crippen molar-refractivity contribution in [1.29, 1.82) is 0 Å². The van der Waals surface area contributed by atoms with Gasteiger partial charge >= 0.3 is 0 Å². The molecule has 0 aromatic carbocycles. The van der Waals surface area contributed by atoms with Crippen LogP contribution in [0.1, 0.15) is 44.7 Å². The normalized spacial score (nSPS) is 11.7. The maximum atomic E-state index is 14.0. The summed E-state index contributed by atoms with van der Waals surface area (Å²) in [5.41, 5.74) is 0.477. The maximum absolute atomic E-state index is 14.0. The molecule has 2 aromatic heterocycles. The highest BCUT2D eigenvalue weighted by molar-refractivity contribution is 7.15. The van der Waals surface area contributed by atoms with Gasteiger partial charge < -0.3 is 5.32 Å². The Labute approximate surface area is 129 Å². The first-order chi connectivity index (χ1) is 9.82. The summed E-state index contributed by atoms with van der Waals surface area (Å²) in [7, 11) is 0. The highest BCUT2D eigenvalue weighted by atomic mass is 32.1. The molecule has 0 radical (unpaired) electrons. The molecule has 2 aromatic rings. The minimum Gasteiger partial charge on any atom is -0.368 e. The lowest BCUT2D eigenvalue weighted by Crippen LogP contribution is -2.08. The molecule has 3 nitrogen and oxygen atoms in total. The van der Waals surface area contributed by atoms with Gasteiger partial charge in [0.2, 0.25) is 0 Å².